The van der Waals surface area contributed by atoms with Gasteiger partial charge in [0.25, 0.3) is 5.69 Å². The zero-order chi connectivity index (χ0) is 25.4. The second-order valence-electron chi connectivity index (χ2n) is 7.30. The van der Waals surface area contributed by atoms with Crippen LogP contribution in [0.15, 0.2) is 24.3 Å². The number of ether oxygens (including phenoxy) is 5. The Morgan fingerprint density at radius 2 is 1.41 bits per heavy atom. The molecule has 1 fully saturated rings. The Labute approximate surface area is 199 Å². The van der Waals surface area contributed by atoms with Crippen LogP contribution in [-0.4, -0.2) is 65.3 Å². The normalized spacial score (nSPS) is 23.9. The van der Waals surface area contributed by atoms with E-state index in [2.05, 4.69) is 0 Å². The van der Waals surface area contributed by atoms with E-state index < -0.39 is 58.7 Å². The van der Waals surface area contributed by atoms with Crippen LogP contribution in [0.2, 0.25) is 0 Å². The maximum atomic E-state index is 11.8. The SMILES string of the molecule is CC(=O)OC[C@H]1O[C@@H](SCc2ccc([N+](=O)[O-])cc2)[C@H](OC(C)=O)[C@@H](OC(C)=O)[C@@H]1OC(C)=O. The van der Waals surface area contributed by atoms with Gasteiger partial charge in [-0.05, 0) is 5.56 Å². The third kappa shape index (κ3) is 7.99. The topological polar surface area (TPSA) is 158 Å². The van der Waals surface area contributed by atoms with E-state index in [0.717, 1.165) is 32.5 Å². The lowest BCUT2D eigenvalue weighted by molar-refractivity contribution is -0.384. The van der Waals surface area contributed by atoms with Crippen molar-refractivity contribution < 1.29 is 47.8 Å². The molecule has 0 bridgehead atoms. The third-order valence-electron chi connectivity index (χ3n) is 4.51. The molecule has 2 rings (SSSR count). The zero-order valence-corrected chi connectivity index (χ0v) is 19.8. The molecule has 1 aromatic carbocycles. The van der Waals surface area contributed by atoms with Crippen molar-refractivity contribution in [3.63, 3.8) is 0 Å². The van der Waals surface area contributed by atoms with Crippen LogP contribution >= 0.6 is 11.8 Å². The molecule has 0 amide bonds. The molecular weight excluding hydrogens is 474 g/mol. The van der Waals surface area contributed by atoms with Crippen molar-refractivity contribution in [2.75, 3.05) is 6.61 Å². The fraction of sp³-hybridized carbons (Fsp3) is 0.524. The number of thioether (sulfide) groups is 1. The molecule has 34 heavy (non-hydrogen) atoms. The summed E-state index contributed by atoms with van der Waals surface area (Å²) in [5, 5.41) is 10.9. The Bertz CT molecular complexity index is 920. The fourth-order valence-corrected chi connectivity index (χ4v) is 4.39. The number of non-ortho nitro benzene ring substituents is 1. The molecule has 0 unspecified atom stereocenters. The second kappa shape index (κ2) is 12.3. The largest absolute Gasteiger partial charge is 0.463 e. The predicted octanol–water partition coefficient (Wildman–Crippen LogP) is 1.91. The van der Waals surface area contributed by atoms with E-state index >= 15 is 0 Å². The molecule has 1 saturated heterocycles. The van der Waals surface area contributed by atoms with Crippen molar-refractivity contribution in [1.82, 2.24) is 0 Å². The predicted molar refractivity (Wildman–Crippen MR) is 116 cm³/mol. The number of carbonyl (C=O) groups is 4. The van der Waals surface area contributed by atoms with Gasteiger partial charge in [0.15, 0.2) is 18.3 Å². The van der Waals surface area contributed by atoms with Crippen LogP contribution in [0.4, 0.5) is 5.69 Å². The first kappa shape index (κ1) is 27.1. The van der Waals surface area contributed by atoms with Gasteiger partial charge in [-0.25, -0.2) is 0 Å². The quantitative estimate of drug-likeness (QED) is 0.211. The fourth-order valence-electron chi connectivity index (χ4n) is 3.22. The first-order chi connectivity index (χ1) is 16.0. The monoisotopic (exact) mass is 499 g/mol. The van der Waals surface area contributed by atoms with Crippen molar-refractivity contribution in [2.24, 2.45) is 0 Å². The molecule has 1 heterocycles. The highest BCUT2D eigenvalue weighted by Crippen LogP contribution is 2.35. The van der Waals surface area contributed by atoms with Crippen LogP contribution in [-0.2, 0) is 48.6 Å². The van der Waals surface area contributed by atoms with Gasteiger partial charge in [-0.3, -0.25) is 29.3 Å². The summed E-state index contributed by atoms with van der Waals surface area (Å²) in [6.07, 6.45) is -4.66. The van der Waals surface area contributed by atoms with E-state index in [4.69, 9.17) is 23.7 Å². The van der Waals surface area contributed by atoms with Crippen molar-refractivity contribution in [3.05, 3.63) is 39.9 Å². The average molecular weight is 499 g/mol. The highest BCUT2D eigenvalue weighted by molar-refractivity contribution is 7.99. The maximum Gasteiger partial charge on any atom is 0.303 e. The Hall–Kier alpha value is -3.19. The standard InChI is InChI=1S/C21H25NO11S/c1-11(23)29-9-17-18(30-12(2)24)19(31-13(3)25)20(32-14(4)26)21(33-17)34-10-15-5-7-16(8-6-15)22(27)28/h5-8,17-21H,9-10H2,1-4H3/t17-,18-,19+,20-,21+/m1/s1. The zero-order valence-electron chi connectivity index (χ0n) is 19.0. The van der Waals surface area contributed by atoms with Crippen LogP contribution in [0.1, 0.15) is 33.3 Å². The number of hydrogen-bond donors (Lipinski definition) is 0. The lowest BCUT2D eigenvalue weighted by Crippen LogP contribution is -2.61. The summed E-state index contributed by atoms with van der Waals surface area (Å²) in [5.74, 6) is -2.44. The minimum Gasteiger partial charge on any atom is -0.463 e. The van der Waals surface area contributed by atoms with Crippen molar-refractivity contribution in [2.45, 2.75) is 63.3 Å². The molecule has 12 nitrogen and oxygen atoms in total. The number of benzene rings is 1. The number of esters is 4. The van der Waals surface area contributed by atoms with E-state index in [9.17, 15) is 29.3 Å². The van der Waals surface area contributed by atoms with Crippen molar-refractivity contribution >= 4 is 41.3 Å². The first-order valence-electron chi connectivity index (χ1n) is 10.1. The summed E-state index contributed by atoms with van der Waals surface area (Å²) < 4.78 is 27.1. The molecular formula is C21H25NO11S. The lowest BCUT2D eigenvalue weighted by atomic mass is 9.99. The smallest absolute Gasteiger partial charge is 0.303 e. The van der Waals surface area contributed by atoms with E-state index in [-0.39, 0.29) is 18.0 Å². The number of hydrogen-bond acceptors (Lipinski definition) is 12. The van der Waals surface area contributed by atoms with Gasteiger partial charge < -0.3 is 23.7 Å². The van der Waals surface area contributed by atoms with E-state index in [1.807, 2.05) is 0 Å². The Balaban J connectivity index is 2.34. The molecule has 0 spiro atoms. The van der Waals surface area contributed by atoms with Gasteiger partial charge in [0.05, 0.1) is 4.92 Å². The minimum atomic E-state index is -1.24. The van der Waals surface area contributed by atoms with Crippen molar-refractivity contribution in [1.29, 1.82) is 0 Å². The summed E-state index contributed by atoms with van der Waals surface area (Å²) in [5.41, 5.74) is -0.277. The molecule has 1 aliphatic heterocycles. The van der Waals surface area contributed by atoms with Crippen LogP contribution in [0.3, 0.4) is 0 Å². The molecule has 186 valence electrons. The highest BCUT2D eigenvalue weighted by atomic mass is 32.2. The van der Waals surface area contributed by atoms with Crippen LogP contribution < -0.4 is 0 Å². The van der Waals surface area contributed by atoms with Gasteiger partial charge >= 0.3 is 23.9 Å². The van der Waals surface area contributed by atoms with E-state index in [0.29, 0.717) is 5.56 Å². The summed E-state index contributed by atoms with van der Waals surface area (Å²) in [4.78, 5) is 57.1. The number of carbonyl (C=O) groups excluding carboxylic acids is 4. The average Bonchev–Trinajstić information content (AvgIpc) is 2.73. The summed E-state index contributed by atoms with van der Waals surface area (Å²) >= 11 is 1.16. The number of nitro benzene ring substituents is 1. The van der Waals surface area contributed by atoms with Gasteiger partial charge in [0.1, 0.15) is 18.1 Å². The highest BCUT2D eigenvalue weighted by Gasteiger charge is 2.52. The van der Waals surface area contributed by atoms with Gasteiger partial charge in [-0.2, -0.15) is 0 Å². The molecule has 1 aliphatic rings. The molecule has 13 heteroatoms. The maximum absolute atomic E-state index is 11.8. The molecule has 0 saturated carbocycles. The number of rotatable bonds is 9. The van der Waals surface area contributed by atoms with Crippen molar-refractivity contribution in [3.8, 4) is 0 Å². The Kier molecular flexibility index (Phi) is 9.81. The number of nitrogens with zero attached hydrogens (tertiary/aromatic N) is 1. The minimum absolute atomic E-state index is 0.0685. The summed E-state index contributed by atoms with van der Waals surface area (Å²) in [6, 6.07) is 5.83. The van der Waals surface area contributed by atoms with Gasteiger partial charge in [0.2, 0.25) is 0 Å². The van der Waals surface area contributed by atoms with Crippen LogP contribution in [0.5, 0.6) is 0 Å². The summed E-state index contributed by atoms with van der Waals surface area (Å²) in [6.45, 7) is 4.33. The summed E-state index contributed by atoms with van der Waals surface area (Å²) in [7, 11) is 0. The molecule has 0 radical (unpaired) electrons. The molecule has 1 aromatic rings. The molecule has 0 N–H and O–H groups in total. The molecule has 0 aromatic heterocycles. The second-order valence-corrected chi connectivity index (χ2v) is 8.39. The molecule has 0 aliphatic carbocycles. The lowest BCUT2D eigenvalue weighted by Gasteiger charge is -2.44. The molecule has 5 atom stereocenters. The van der Waals surface area contributed by atoms with Crippen LogP contribution in [0, 0.1) is 10.1 Å². The van der Waals surface area contributed by atoms with Gasteiger partial charge in [-0.1, -0.05) is 12.1 Å². The first-order valence-corrected chi connectivity index (χ1v) is 11.2. The van der Waals surface area contributed by atoms with Gasteiger partial charge in [0, 0.05) is 45.6 Å². The van der Waals surface area contributed by atoms with E-state index in [1.165, 1.54) is 19.1 Å². The van der Waals surface area contributed by atoms with Crippen LogP contribution in [0.25, 0.3) is 0 Å². The Morgan fingerprint density at radius 1 is 0.882 bits per heavy atom. The number of nitro groups is 1. The third-order valence-corrected chi connectivity index (χ3v) is 5.72. The Morgan fingerprint density at radius 3 is 1.91 bits per heavy atom. The van der Waals surface area contributed by atoms with Gasteiger partial charge in [-0.15, -0.1) is 11.8 Å². The van der Waals surface area contributed by atoms with E-state index in [1.54, 1.807) is 12.1 Å².